The van der Waals surface area contributed by atoms with Gasteiger partial charge in [-0.25, -0.2) is 9.98 Å². The fourth-order valence-electron chi connectivity index (χ4n) is 2.84. The molecule has 0 atom stereocenters. The van der Waals surface area contributed by atoms with Gasteiger partial charge in [0.25, 0.3) is 5.69 Å². The van der Waals surface area contributed by atoms with Gasteiger partial charge in [-0.2, -0.15) is 0 Å². The van der Waals surface area contributed by atoms with Crippen molar-refractivity contribution in [3.8, 4) is 5.75 Å². The Morgan fingerprint density at radius 1 is 1.14 bits per heavy atom. The molecule has 0 N–H and O–H groups in total. The summed E-state index contributed by atoms with van der Waals surface area (Å²) in [6.45, 7) is 6.43. The third-order valence-electron chi connectivity index (χ3n) is 4.35. The molecular weight excluding hydrogens is 386 g/mol. The van der Waals surface area contributed by atoms with Gasteiger partial charge in [0.2, 0.25) is 5.13 Å². The lowest BCUT2D eigenvalue weighted by molar-refractivity contribution is -0.384. The summed E-state index contributed by atoms with van der Waals surface area (Å²) in [5, 5.41) is 11.4. The zero-order valence-corrected chi connectivity index (χ0v) is 17.7. The number of aliphatic imine (C=N–C) groups is 1. The fourth-order valence-corrected chi connectivity index (χ4v) is 3.99. The number of nitrogens with zero attached hydrogens (tertiary/aromatic N) is 3. The second-order valence-corrected chi connectivity index (χ2v) is 8.71. The molecule has 1 aromatic heterocycles. The van der Waals surface area contributed by atoms with E-state index in [9.17, 15) is 10.1 Å². The number of nitro groups is 1. The molecule has 6 nitrogen and oxygen atoms in total. The zero-order chi connectivity index (χ0) is 21.0. The number of nitro benzene ring substituents is 1. The highest BCUT2D eigenvalue weighted by molar-refractivity contribution is 7.15. The highest BCUT2D eigenvalue weighted by Gasteiger charge is 2.23. The Morgan fingerprint density at radius 3 is 2.34 bits per heavy atom. The van der Waals surface area contributed by atoms with E-state index in [0.717, 1.165) is 23.4 Å². The maximum absolute atomic E-state index is 10.8. The van der Waals surface area contributed by atoms with Crippen LogP contribution < -0.4 is 4.74 Å². The van der Waals surface area contributed by atoms with Gasteiger partial charge in [-0.3, -0.25) is 10.1 Å². The van der Waals surface area contributed by atoms with E-state index in [1.165, 1.54) is 22.6 Å². The van der Waals surface area contributed by atoms with Crippen LogP contribution in [0.1, 0.15) is 42.5 Å². The second kappa shape index (κ2) is 8.53. The summed E-state index contributed by atoms with van der Waals surface area (Å²) in [6.07, 6.45) is 2.47. The second-order valence-electron chi connectivity index (χ2n) is 7.65. The van der Waals surface area contributed by atoms with Gasteiger partial charge >= 0.3 is 0 Å². The molecule has 0 saturated heterocycles. The van der Waals surface area contributed by atoms with Crippen molar-refractivity contribution >= 4 is 28.4 Å². The molecule has 0 saturated carbocycles. The lowest BCUT2D eigenvalue weighted by Crippen LogP contribution is -2.14. The van der Waals surface area contributed by atoms with E-state index in [-0.39, 0.29) is 11.1 Å². The van der Waals surface area contributed by atoms with Crippen LogP contribution in [0.25, 0.3) is 0 Å². The monoisotopic (exact) mass is 409 g/mol. The molecule has 0 unspecified atom stereocenters. The molecule has 29 heavy (non-hydrogen) atoms. The Bertz CT molecular complexity index is 1020. The van der Waals surface area contributed by atoms with Gasteiger partial charge in [0.15, 0.2) is 0 Å². The Kier molecular flexibility index (Phi) is 6.08. The van der Waals surface area contributed by atoms with E-state index in [2.05, 4.69) is 37.9 Å². The molecular formula is C22H23N3O3S. The summed E-state index contributed by atoms with van der Waals surface area (Å²) in [7, 11) is 1.66. The maximum Gasteiger partial charge on any atom is 0.269 e. The van der Waals surface area contributed by atoms with E-state index >= 15 is 0 Å². The van der Waals surface area contributed by atoms with Crippen LogP contribution in [0.15, 0.2) is 53.5 Å². The Morgan fingerprint density at radius 2 is 1.79 bits per heavy atom. The molecule has 1 heterocycles. The van der Waals surface area contributed by atoms with E-state index in [0.29, 0.717) is 5.13 Å². The van der Waals surface area contributed by atoms with Gasteiger partial charge < -0.3 is 4.74 Å². The zero-order valence-electron chi connectivity index (χ0n) is 16.9. The first-order valence-corrected chi connectivity index (χ1v) is 9.99. The number of ether oxygens (including phenoxy) is 1. The highest BCUT2D eigenvalue weighted by atomic mass is 32.1. The smallest absolute Gasteiger partial charge is 0.269 e. The summed E-state index contributed by atoms with van der Waals surface area (Å²) in [5.41, 5.74) is 2.98. The first-order valence-electron chi connectivity index (χ1n) is 9.18. The van der Waals surface area contributed by atoms with Crippen molar-refractivity contribution in [2.24, 2.45) is 4.99 Å². The van der Waals surface area contributed by atoms with Gasteiger partial charge in [0.05, 0.1) is 17.7 Å². The summed E-state index contributed by atoms with van der Waals surface area (Å²) in [5.74, 6) is 0.836. The largest absolute Gasteiger partial charge is 0.497 e. The van der Waals surface area contributed by atoms with E-state index in [1.807, 2.05) is 12.1 Å². The molecule has 7 heteroatoms. The van der Waals surface area contributed by atoms with Crippen LogP contribution in [0.3, 0.4) is 0 Å². The fraction of sp³-hybridized carbons (Fsp3) is 0.273. The SMILES string of the molecule is COc1ccc(Cc2sc(/N=C/c3ccc([N+](=O)[O-])cc3)nc2C(C)(C)C)cc1. The molecule has 150 valence electrons. The van der Waals surface area contributed by atoms with Crippen LogP contribution in [0.2, 0.25) is 0 Å². The van der Waals surface area contributed by atoms with Crippen molar-refractivity contribution < 1.29 is 9.66 Å². The van der Waals surface area contributed by atoms with Gasteiger partial charge in [0, 0.05) is 35.1 Å². The van der Waals surface area contributed by atoms with Crippen LogP contribution in [0.5, 0.6) is 5.75 Å². The maximum atomic E-state index is 10.8. The number of benzene rings is 2. The van der Waals surface area contributed by atoms with Gasteiger partial charge in [-0.1, -0.05) is 44.2 Å². The summed E-state index contributed by atoms with van der Waals surface area (Å²) in [6, 6.07) is 14.3. The lowest BCUT2D eigenvalue weighted by Gasteiger charge is -2.17. The standard InChI is InChI=1S/C22H23N3O3S/c1-22(2,3)20-19(13-15-7-11-18(28-4)12-8-15)29-21(24-20)23-14-16-5-9-17(10-6-16)25(26)27/h5-12,14H,13H2,1-4H3/b23-14+. The molecule has 0 radical (unpaired) electrons. The van der Waals surface area contributed by atoms with Gasteiger partial charge in [-0.05, 0) is 35.4 Å². The van der Waals surface area contributed by atoms with Crippen molar-refractivity contribution in [3.63, 3.8) is 0 Å². The number of rotatable bonds is 6. The first kappa shape index (κ1) is 20.7. The molecule has 0 spiro atoms. The number of methoxy groups -OCH3 is 1. The Balaban J connectivity index is 1.85. The lowest BCUT2D eigenvalue weighted by atomic mass is 9.90. The molecule has 0 aliphatic rings. The van der Waals surface area contributed by atoms with Gasteiger partial charge in [-0.15, -0.1) is 0 Å². The average molecular weight is 410 g/mol. The highest BCUT2D eigenvalue weighted by Crippen LogP contribution is 2.35. The summed E-state index contributed by atoms with van der Waals surface area (Å²) >= 11 is 1.57. The van der Waals surface area contributed by atoms with Crippen LogP contribution >= 0.6 is 11.3 Å². The molecule has 3 aromatic rings. The average Bonchev–Trinajstić information content (AvgIpc) is 3.10. The quantitative estimate of drug-likeness (QED) is 0.297. The number of hydrogen-bond donors (Lipinski definition) is 0. The van der Waals surface area contributed by atoms with Crippen LogP contribution in [-0.2, 0) is 11.8 Å². The van der Waals surface area contributed by atoms with Gasteiger partial charge in [0.1, 0.15) is 5.75 Å². The van der Waals surface area contributed by atoms with Crippen LogP contribution in [-0.4, -0.2) is 23.2 Å². The molecule has 0 amide bonds. The molecule has 0 fully saturated rings. The number of non-ortho nitro benzene ring substituents is 1. The van der Waals surface area contributed by atoms with Crippen molar-refractivity contribution in [1.29, 1.82) is 0 Å². The van der Waals surface area contributed by atoms with Crippen molar-refractivity contribution in [3.05, 3.63) is 80.3 Å². The minimum absolute atomic E-state index is 0.0631. The van der Waals surface area contributed by atoms with Crippen molar-refractivity contribution in [1.82, 2.24) is 4.98 Å². The molecule has 0 bridgehead atoms. The molecule has 0 aliphatic carbocycles. The van der Waals surface area contributed by atoms with Crippen molar-refractivity contribution in [2.75, 3.05) is 7.11 Å². The number of hydrogen-bond acceptors (Lipinski definition) is 6. The van der Waals surface area contributed by atoms with Crippen LogP contribution in [0.4, 0.5) is 10.8 Å². The number of thiazole rings is 1. The molecule has 2 aromatic carbocycles. The van der Waals surface area contributed by atoms with E-state index in [4.69, 9.17) is 9.72 Å². The van der Waals surface area contributed by atoms with E-state index in [1.54, 1.807) is 36.8 Å². The Labute approximate surface area is 174 Å². The predicted molar refractivity (Wildman–Crippen MR) is 117 cm³/mol. The van der Waals surface area contributed by atoms with E-state index < -0.39 is 4.92 Å². The van der Waals surface area contributed by atoms with Crippen molar-refractivity contribution in [2.45, 2.75) is 32.6 Å². The normalized spacial score (nSPS) is 11.7. The number of aromatic nitrogens is 1. The van der Waals surface area contributed by atoms with Crippen LogP contribution in [0, 0.1) is 10.1 Å². The molecule has 3 rings (SSSR count). The minimum Gasteiger partial charge on any atom is -0.497 e. The first-order chi connectivity index (χ1) is 13.8. The topological polar surface area (TPSA) is 77.6 Å². The Hall–Kier alpha value is -3.06. The summed E-state index contributed by atoms with van der Waals surface area (Å²) < 4.78 is 5.23. The molecule has 0 aliphatic heterocycles. The predicted octanol–water partition coefficient (Wildman–Crippen LogP) is 5.70. The minimum atomic E-state index is -0.414. The third-order valence-corrected chi connectivity index (χ3v) is 5.31. The third kappa shape index (κ3) is 5.26. The summed E-state index contributed by atoms with van der Waals surface area (Å²) in [4.78, 5) is 20.8.